The minimum absolute atomic E-state index is 0.293. The smallest absolute Gasteiger partial charge is 0.181 e. The lowest BCUT2D eigenvalue weighted by Gasteiger charge is -2.16. The molecule has 3 rings (SSSR count). The molecular formula is C12H12ClN3O. The molecule has 4 nitrogen and oxygen atoms in total. The molecule has 0 aliphatic carbocycles. The Morgan fingerprint density at radius 2 is 2.29 bits per heavy atom. The van der Waals surface area contributed by atoms with Gasteiger partial charge in [-0.15, -0.1) is 0 Å². The van der Waals surface area contributed by atoms with Crippen molar-refractivity contribution in [3.8, 4) is 11.4 Å². The molecule has 0 saturated carbocycles. The first-order valence-electron chi connectivity index (χ1n) is 5.60. The first-order valence-corrected chi connectivity index (χ1v) is 5.98. The fourth-order valence-corrected chi connectivity index (χ4v) is 2.23. The molecule has 0 spiro atoms. The summed E-state index contributed by atoms with van der Waals surface area (Å²) in [6.07, 6.45) is 1.03. The van der Waals surface area contributed by atoms with Crippen LogP contribution in [0.1, 0.15) is 12.2 Å². The molecule has 0 fully saturated rings. The molecule has 0 bridgehead atoms. The number of benzene rings is 1. The monoisotopic (exact) mass is 249 g/mol. The third-order valence-corrected chi connectivity index (χ3v) is 3.16. The van der Waals surface area contributed by atoms with Crippen LogP contribution in [0.5, 0.6) is 0 Å². The van der Waals surface area contributed by atoms with E-state index < -0.39 is 0 Å². The van der Waals surface area contributed by atoms with E-state index in [-0.39, 0.29) is 6.10 Å². The first-order chi connectivity index (χ1) is 8.22. The van der Waals surface area contributed by atoms with Gasteiger partial charge in [-0.3, -0.25) is 0 Å². The summed E-state index contributed by atoms with van der Waals surface area (Å²) in [7, 11) is 0. The Hall–Kier alpha value is -1.39. The van der Waals surface area contributed by atoms with Crippen LogP contribution in [-0.2, 0) is 13.0 Å². The lowest BCUT2D eigenvalue weighted by Crippen LogP contribution is -2.23. The van der Waals surface area contributed by atoms with Crippen LogP contribution >= 0.6 is 11.6 Å². The normalized spacial score (nSPS) is 19.1. The van der Waals surface area contributed by atoms with Gasteiger partial charge in [0.15, 0.2) is 5.82 Å². The summed E-state index contributed by atoms with van der Waals surface area (Å²) < 4.78 is 1.86. The van der Waals surface area contributed by atoms with E-state index in [1.54, 1.807) is 0 Å². The average molecular weight is 250 g/mol. The van der Waals surface area contributed by atoms with E-state index in [1.807, 2.05) is 28.9 Å². The second-order valence-corrected chi connectivity index (χ2v) is 4.67. The van der Waals surface area contributed by atoms with Crippen LogP contribution in [0.4, 0.5) is 0 Å². The number of aliphatic hydroxyl groups is 1. The van der Waals surface area contributed by atoms with Gasteiger partial charge >= 0.3 is 0 Å². The molecular weight excluding hydrogens is 238 g/mol. The summed E-state index contributed by atoms with van der Waals surface area (Å²) in [6, 6.07) is 7.49. The molecule has 17 heavy (non-hydrogen) atoms. The van der Waals surface area contributed by atoms with Gasteiger partial charge in [0.05, 0.1) is 6.10 Å². The van der Waals surface area contributed by atoms with Crippen LogP contribution in [-0.4, -0.2) is 26.0 Å². The second-order valence-electron chi connectivity index (χ2n) is 4.23. The van der Waals surface area contributed by atoms with Gasteiger partial charge in [0.2, 0.25) is 0 Å². The van der Waals surface area contributed by atoms with Gasteiger partial charge in [0.25, 0.3) is 0 Å². The van der Waals surface area contributed by atoms with Crippen LogP contribution in [0.15, 0.2) is 24.3 Å². The van der Waals surface area contributed by atoms with Crippen molar-refractivity contribution in [3.63, 3.8) is 0 Å². The second kappa shape index (κ2) is 4.13. The maximum Gasteiger partial charge on any atom is 0.181 e. The summed E-state index contributed by atoms with van der Waals surface area (Å²) in [6.45, 7) is 0.726. The van der Waals surface area contributed by atoms with Crippen molar-refractivity contribution in [3.05, 3.63) is 35.1 Å². The molecule has 0 radical (unpaired) electrons. The van der Waals surface area contributed by atoms with Crippen molar-refractivity contribution in [1.29, 1.82) is 0 Å². The average Bonchev–Trinajstić information content (AvgIpc) is 2.72. The summed E-state index contributed by atoms with van der Waals surface area (Å²) in [5.74, 6) is 1.52. The number of aromatic nitrogens is 3. The summed E-state index contributed by atoms with van der Waals surface area (Å²) in [5.41, 5.74) is 0.911. The van der Waals surface area contributed by atoms with Crippen molar-refractivity contribution in [2.75, 3.05) is 0 Å². The molecule has 88 valence electrons. The van der Waals surface area contributed by atoms with Crippen LogP contribution in [0.3, 0.4) is 0 Å². The zero-order valence-corrected chi connectivity index (χ0v) is 9.93. The van der Waals surface area contributed by atoms with Crippen LogP contribution in [0.25, 0.3) is 11.4 Å². The predicted octanol–water partition coefficient (Wildman–Crippen LogP) is 1.91. The third kappa shape index (κ3) is 2.06. The number of aliphatic hydroxyl groups excluding tert-OH is 1. The highest BCUT2D eigenvalue weighted by Gasteiger charge is 2.20. The van der Waals surface area contributed by atoms with Crippen molar-refractivity contribution < 1.29 is 5.11 Å². The molecule has 1 aromatic carbocycles. The summed E-state index contributed by atoms with van der Waals surface area (Å²) >= 11 is 5.94. The minimum atomic E-state index is -0.293. The van der Waals surface area contributed by atoms with Gasteiger partial charge in [-0.2, -0.15) is 5.10 Å². The maximum atomic E-state index is 9.58. The number of rotatable bonds is 1. The van der Waals surface area contributed by atoms with E-state index in [9.17, 15) is 5.11 Å². The van der Waals surface area contributed by atoms with E-state index in [2.05, 4.69) is 10.1 Å². The lowest BCUT2D eigenvalue weighted by atomic mass is 10.1. The van der Waals surface area contributed by atoms with Gasteiger partial charge in [0.1, 0.15) is 5.82 Å². The molecule has 5 heteroatoms. The number of halogens is 1. The molecule has 0 amide bonds. The van der Waals surface area contributed by atoms with Crippen LogP contribution in [0, 0.1) is 0 Å². The molecule has 1 aromatic heterocycles. The predicted molar refractivity (Wildman–Crippen MR) is 64.8 cm³/mol. The van der Waals surface area contributed by atoms with Gasteiger partial charge < -0.3 is 5.11 Å². The zero-order valence-electron chi connectivity index (χ0n) is 9.17. The number of nitrogens with zero attached hydrogens (tertiary/aromatic N) is 3. The quantitative estimate of drug-likeness (QED) is 0.840. The number of hydrogen-bond donors (Lipinski definition) is 1. The van der Waals surface area contributed by atoms with Gasteiger partial charge in [0, 0.05) is 23.6 Å². The first kappa shape index (κ1) is 10.7. The molecule has 1 aliphatic heterocycles. The fraction of sp³-hybridized carbons (Fsp3) is 0.333. The standard InChI is InChI=1S/C12H12ClN3O/c13-9-3-1-2-8(6-9)12-14-11-7-10(17)4-5-16(11)15-12/h1-3,6,10,17H,4-5,7H2. The van der Waals surface area contributed by atoms with E-state index in [0.717, 1.165) is 24.4 Å². The van der Waals surface area contributed by atoms with Crippen molar-refractivity contribution in [2.24, 2.45) is 0 Å². The molecule has 0 saturated heterocycles. The number of aryl methyl sites for hydroxylation is 1. The molecule has 1 atom stereocenters. The molecule has 1 unspecified atom stereocenters. The van der Waals surface area contributed by atoms with Crippen molar-refractivity contribution in [1.82, 2.24) is 14.8 Å². The topological polar surface area (TPSA) is 50.9 Å². The largest absolute Gasteiger partial charge is 0.393 e. The van der Waals surface area contributed by atoms with Crippen LogP contribution < -0.4 is 0 Å². The van der Waals surface area contributed by atoms with Crippen LogP contribution in [0.2, 0.25) is 5.02 Å². The number of hydrogen-bond acceptors (Lipinski definition) is 3. The Labute approximate surface area is 104 Å². The van der Waals surface area contributed by atoms with E-state index in [1.165, 1.54) is 0 Å². The SMILES string of the molecule is OC1CCn2nc(-c3cccc(Cl)c3)nc2C1. The molecule has 2 aromatic rings. The maximum absolute atomic E-state index is 9.58. The molecule has 1 aliphatic rings. The summed E-state index contributed by atoms with van der Waals surface area (Å²) in [5, 5.41) is 14.7. The lowest BCUT2D eigenvalue weighted by molar-refractivity contribution is 0.138. The van der Waals surface area contributed by atoms with Gasteiger partial charge in [-0.05, 0) is 18.6 Å². The van der Waals surface area contributed by atoms with Gasteiger partial charge in [-0.25, -0.2) is 9.67 Å². The highest BCUT2D eigenvalue weighted by molar-refractivity contribution is 6.30. The molecule has 1 N–H and O–H groups in total. The van der Waals surface area contributed by atoms with E-state index in [4.69, 9.17) is 11.6 Å². The highest BCUT2D eigenvalue weighted by Crippen LogP contribution is 2.22. The van der Waals surface area contributed by atoms with Gasteiger partial charge in [-0.1, -0.05) is 23.7 Å². The Morgan fingerprint density at radius 1 is 1.41 bits per heavy atom. The Morgan fingerprint density at radius 3 is 3.12 bits per heavy atom. The Kier molecular flexibility index (Phi) is 2.61. The Bertz CT molecular complexity index is 552. The summed E-state index contributed by atoms with van der Waals surface area (Å²) in [4.78, 5) is 4.45. The molecule has 2 heterocycles. The highest BCUT2D eigenvalue weighted by atomic mass is 35.5. The van der Waals surface area contributed by atoms with E-state index >= 15 is 0 Å². The van der Waals surface area contributed by atoms with Crippen molar-refractivity contribution in [2.45, 2.75) is 25.5 Å². The Balaban J connectivity index is 2.00. The minimum Gasteiger partial charge on any atom is -0.393 e. The van der Waals surface area contributed by atoms with E-state index in [0.29, 0.717) is 17.3 Å². The third-order valence-electron chi connectivity index (χ3n) is 2.92. The fourth-order valence-electron chi connectivity index (χ4n) is 2.04. The zero-order chi connectivity index (χ0) is 11.8. The number of fused-ring (bicyclic) bond motifs is 1. The van der Waals surface area contributed by atoms with Crippen molar-refractivity contribution >= 4 is 11.6 Å².